The Morgan fingerprint density at radius 1 is 0.545 bits per heavy atom. The number of rotatable bonds is 14. The number of unbranched alkanes of at least 4 members (excludes halogenated alkanes) is 1. The van der Waals surface area contributed by atoms with Gasteiger partial charge in [0, 0.05) is 11.0 Å². The van der Waals surface area contributed by atoms with E-state index in [1.807, 2.05) is 0 Å². The third-order valence-electron chi connectivity index (χ3n) is 8.62. The van der Waals surface area contributed by atoms with E-state index in [2.05, 4.69) is 170 Å². The Morgan fingerprint density at radius 3 is 1.41 bits per heavy atom. The molecule has 0 aliphatic rings. The van der Waals surface area contributed by atoms with Gasteiger partial charge >= 0.3 is 0 Å². The second kappa shape index (κ2) is 15.6. The van der Waals surface area contributed by atoms with Gasteiger partial charge in [0.1, 0.15) is 5.30 Å². The molecule has 0 spiro atoms. The molecular weight excluding hydrogens is 570 g/mol. The van der Waals surface area contributed by atoms with E-state index in [1.165, 1.54) is 50.7 Å². The maximum absolute atomic E-state index is 4.54. The Balaban J connectivity index is 2.09. The lowest BCUT2D eigenvalue weighted by Crippen LogP contribution is -2.27. The van der Waals surface area contributed by atoms with E-state index in [4.69, 9.17) is 0 Å². The van der Waals surface area contributed by atoms with Crippen LogP contribution in [0.2, 0.25) is 0 Å². The summed E-state index contributed by atoms with van der Waals surface area (Å²) in [5.41, 5.74) is 8.35. The van der Waals surface area contributed by atoms with E-state index >= 15 is 0 Å². The van der Waals surface area contributed by atoms with Gasteiger partial charge in [0.15, 0.2) is 7.10 Å². The quantitative estimate of drug-likeness (QED) is 0.136. The first-order valence-corrected chi connectivity index (χ1v) is 20.7. The van der Waals surface area contributed by atoms with E-state index in [9.17, 15) is 0 Å². The highest BCUT2D eigenvalue weighted by atomic mass is 32.1. The van der Waals surface area contributed by atoms with Crippen LogP contribution >= 0.6 is 14.9 Å². The highest BCUT2D eigenvalue weighted by molar-refractivity contribution is 8.45. The third-order valence-corrected chi connectivity index (χ3v) is 17.9. The zero-order valence-electron chi connectivity index (χ0n) is 28.6. The van der Waals surface area contributed by atoms with Crippen molar-refractivity contribution in [3.63, 3.8) is 0 Å². The minimum absolute atomic E-state index is 0.421. The molecular formula is C40H55N2P2+. The van der Waals surface area contributed by atoms with Crippen molar-refractivity contribution >= 4 is 36.8 Å². The molecule has 0 aromatic heterocycles. The lowest BCUT2D eigenvalue weighted by Gasteiger charge is -2.38. The molecule has 0 radical (unpaired) electrons. The number of anilines is 2. The zero-order chi connectivity index (χ0) is 31.9. The largest absolute Gasteiger partial charge is 0.327 e. The van der Waals surface area contributed by atoms with Crippen molar-refractivity contribution in [3.8, 4) is 0 Å². The van der Waals surface area contributed by atoms with Crippen LogP contribution in [0.15, 0.2) is 97.1 Å². The van der Waals surface area contributed by atoms with E-state index < -0.39 is 14.9 Å². The Bertz CT molecular complexity index is 1410. The lowest BCUT2D eigenvalue weighted by atomic mass is 9.93. The molecule has 4 heteroatoms. The molecule has 0 heterocycles. The first kappa shape index (κ1) is 34.2. The van der Waals surface area contributed by atoms with Crippen molar-refractivity contribution in [1.29, 1.82) is 0 Å². The molecule has 4 rings (SSSR count). The van der Waals surface area contributed by atoms with E-state index in [1.54, 1.807) is 0 Å². The summed E-state index contributed by atoms with van der Waals surface area (Å²) in [6, 6.07) is 36.7. The van der Waals surface area contributed by atoms with Gasteiger partial charge in [-0.15, -0.1) is 0 Å². The van der Waals surface area contributed by atoms with Crippen LogP contribution in [0, 0.1) is 0 Å². The third kappa shape index (κ3) is 7.58. The highest BCUT2D eigenvalue weighted by Gasteiger charge is 2.52. The number of nitrogens with one attached hydrogen (secondary N) is 2. The molecule has 2 nitrogen and oxygen atoms in total. The van der Waals surface area contributed by atoms with Gasteiger partial charge in [-0.05, 0) is 76.6 Å². The summed E-state index contributed by atoms with van der Waals surface area (Å²) in [5.74, 6) is 1.69. The number of benzene rings is 4. The smallest absolute Gasteiger partial charge is 0.216 e. The summed E-state index contributed by atoms with van der Waals surface area (Å²) >= 11 is 0. The SMILES string of the molecule is CCCC[P+](Nc1c(C(C)C)cccc1C(C)C)(c1ccccc1)P(Nc1c(C(C)C)cccc1C(C)C)c1ccccc1. The fourth-order valence-electron chi connectivity index (χ4n) is 6.14. The molecule has 234 valence electrons. The standard InChI is InChI=1S/C40H55N2P2/c1-10-11-28-44(34-22-16-13-17-23-34,42-40-37(31(6)7)26-19-27-38(40)32(8)9)43(33-20-14-12-15-21-33)41-39-35(29(2)3)24-18-25-36(39)30(4)5/h12-27,29-32,41-42H,10-11,28H2,1-9H3/q+1. The fraction of sp³-hybridized carbons (Fsp3) is 0.400. The van der Waals surface area contributed by atoms with E-state index in [-0.39, 0.29) is 0 Å². The zero-order valence-corrected chi connectivity index (χ0v) is 30.4. The van der Waals surface area contributed by atoms with Gasteiger partial charge in [-0.2, -0.15) is 0 Å². The molecule has 2 atom stereocenters. The highest BCUT2D eigenvalue weighted by Crippen LogP contribution is 2.82. The topological polar surface area (TPSA) is 24.1 Å². The first-order valence-electron chi connectivity index (χ1n) is 16.7. The van der Waals surface area contributed by atoms with Gasteiger partial charge in [-0.25, -0.2) is 0 Å². The Morgan fingerprint density at radius 2 is 0.977 bits per heavy atom. The number of hydrogen-bond acceptors (Lipinski definition) is 2. The molecule has 0 aliphatic carbocycles. The van der Waals surface area contributed by atoms with Gasteiger partial charge in [-0.3, -0.25) is 5.09 Å². The normalized spacial score (nSPS) is 13.8. The lowest BCUT2D eigenvalue weighted by molar-refractivity contribution is 0.839. The van der Waals surface area contributed by atoms with Gasteiger partial charge < -0.3 is 5.09 Å². The van der Waals surface area contributed by atoms with Gasteiger partial charge in [0.2, 0.25) is 7.76 Å². The molecule has 0 bridgehead atoms. The maximum Gasteiger partial charge on any atom is 0.216 e. The summed E-state index contributed by atoms with van der Waals surface area (Å²) in [5, 5.41) is 11.8. The summed E-state index contributed by atoms with van der Waals surface area (Å²) in [7, 11) is -3.00. The molecule has 0 amide bonds. The molecule has 2 unspecified atom stereocenters. The monoisotopic (exact) mass is 625 g/mol. The fourth-order valence-corrected chi connectivity index (χ4v) is 16.0. The molecule has 2 N–H and O–H groups in total. The summed E-state index contributed by atoms with van der Waals surface area (Å²) in [4.78, 5) is 0. The van der Waals surface area contributed by atoms with Crippen LogP contribution in [0.5, 0.6) is 0 Å². The van der Waals surface area contributed by atoms with Gasteiger partial charge in [0.05, 0.1) is 11.8 Å². The molecule has 0 saturated heterocycles. The Kier molecular flexibility index (Phi) is 12.1. The molecule has 4 aromatic rings. The van der Waals surface area contributed by atoms with Crippen LogP contribution in [-0.2, 0) is 0 Å². The van der Waals surface area contributed by atoms with Crippen LogP contribution in [-0.4, -0.2) is 6.16 Å². The average molecular weight is 626 g/mol. The van der Waals surface area contributed by atoms with Crippen LogP contribution in [0.1, 0.15) is 121 Å². The van der Waals surface area contributed by atoms with Crippen molar-refractivity contribution < 1.29 is 0 Å². The van der Waals surface area contributed by atoms with Crippen molar-refractivity contribution in [2.45, 2.75) is 98.8 Å². The van der Waals surface area contributed by atoms with Crippen LogP contribution in [0.4, 0.5) is 11.4 Å². The summed E-state index contributed by atoms with van der Waals surface area (Å²) < 4.78 is 0. The van der Waals surface area contributed by atoms with Crippen LogP contribution in [0.25, 0.3) is 0 Å². The molecule has 44 heavy (non-hydrogen) atoms. The number of hydrogen-bond donors (Lipinski definition) is 2. The molecule has 0 fully saturated rings. The molecule has 4 aromatic carbocycles. The minimum atomic E-state index is -2.11. The average Bonchev–Trinajstić information content (AvgIpc) is 3.02. The van der Waals surface area contributed by atoms with E-state index in [0.717, 1.165) is 12.6 Å². The Hall–Kier alpha value is -2.66. The summed E-state index contributed by atoms with van der Waals surface area (Å²) in [6.07, 6.45) is 3.47. The second-order valence-corrected chi connectivity index (χ2v) is 20.6. The first-order chi connectivity index (χ1) is 21.1. The van der Waals surface area contributed by atoms with E-state index in [0.29, 0.717) is 23.7 Å². The Labute approximate surface area is 270 Å². The molecule has 0 aliphatic heterocycles. The van der Waals surface area contributed by atoms with Crippen molar-refractivity contribution in [2.75, 3.05) is 16.3 Å². The second-order valence-electron chi connectivity index (χ2n) is 13.3. The van der Waals surface area contributed by atoms with Gasteiger partial charge in [0.25, 0.3) is 0 Å². The van der Waals surface area contributed by atoms with Crippen LogP contribution < -0.4 is 20.8 Å². The minimum Gasteiger partial charge on any atom is -0.327 e. The maximum atomic E-state index is 4.54. The van der Waals surface area contributed by atoms with Crippen molar-refractivity contribution in [2.24, 2.45) is 0 Å². The van der Waals surface area contributed by atoms with Crippen LogP contribution in [0.3, 0.4) is 0 Å². The van der Waals surface area contributed by atoms with Crippen molar-refractivity contribution in [3.05, 3.63) is 119 Å². The number of para-hydroxylation sites is 2. The van der Waals surface area contributed by atoms with Crippen molar-refractivity contribution in [1.82, 2.24) is 0 Å². The van der Waals surface area contributed by atoms with Gasteiger partial charge in [-0.1, -0.05) is 142 Å². The molecule has 0 saturated carbocycles. The summed E-state index contributed by atoms with van der Waals surface area (Å²) in [6.45, 7) is 21.0. The predicted octanol–water partition coefficient (Wildman–Crippen LogP) is 12.4. The predicted molar refractivity (Wildman–Crippen MR) is 202 cm³/mol.